The third-order valence-corrected chi connectivity index (χ3v) is 3.71. The highest BCUT2D eigenvalue weighted by Gasteiger charge is 2.09. The Morgan fingerprint density at radius 3 is 2.65 bits per heavy atom. The molecule has 0 N–H and O–H groups in total. The molecule has 0 radical (unpaired) electrons. The zero-order valence-corrected chi connectivity index (χ0v) is 14.5. The van der Waals surface area contributed by atoms with E-state index >= 15 is 0 Å². The number of aromatic nitrogens is 2. The van der Waals surface area contributed by atoms with Crippen LogP contribution in [0.2, 0.25) is 5.02 Å². The molecule has 0 saturated heterocycles. The topological polar surface area (TPSA) is 61.3 Å². The van der Waals surface area contributed by atoms with Crippen molar-refractivity contribution in [1.82, 2.24) is 9.97 Å². The minimum atomic E-state index is -0.640. The molecule has 132 valence electrons. The number of benzene rings is 1. The molecule has 0 amide bonds. The molecule has 0 saturated carbocycles. The lowest BCUT2D eigenvalue weighted by molar-refractivity contribution is -0.139. The Bertz CT molecular complexity index is 932. The van der Waals surface area contributed by atoms with Crippen molar-refractivity contribution in [3.63, 3.8) is 0 Å². The van der Waals surface area contributed by atoms with Gasteiger partial charge < -0.3 is 9.47 Å². The maximum Gasteiger partial charge on any atom is 0.311 e. The van der Waals surface area contributed by atoms with Crippen LogP contribution in [0.5, 0.6) is 11.6 Å². The second-order valence-corrected chi connectivity index (χ2v) is 5.77. The fourth-order valence-electron chi connectivity index (χ4n) is 2.24. The lowest BCUT2D eigenvalue weighted by atomic mass is 10.1. The highest BCUT2D eigenvalue weighted by Crippen LogP contribution is 2.26. The summed E-state index contributed by atoms with van der Waals surface area (Å²) in [5.41, 5.74) is 2.14. The Balaban J connectivity index is 1.77. The lowest BCUT2D eigenvalue weighted by Gasteiger charge is -2.08. The summed E-state index contributed by atoms with van der Waals surface area (Å²) in [7, 11) is 1.34. The third-order valence-electron chi connectivity index (χ3n) is 3.50. The van der Waals surface area contributed by atoms with Gasteiger partial charge in [-0.3, -0.25) is 9.78 Å². The first-order valence-electron chi connectivity index (χ1n) is 7.67. The van der Waals surface area contributed by atoms with Gasteiger partial charge in [0.2, 0.25) is 0 Å². The van der Waals surface area contributed by atoms with Crippen molar-refractivity contribution in [2.24, 2.45) is 0 Å². The van der Waals surface area contributed by atoms with Crippen LogP contribution in [0.15, 0.2) is 54.7 Å². The summed E-state index contributed by atoms with van der Waals surface area (Å²) in [6.07, 6.45) is 1.41. The maximum absolute atomic E-state index is 13.7. The minimum absolute atomic E-state index is 0.104. The van der Waals surface area contributed by atoms with Gasteiger partial charge in [0.15, 0.2) is 5.82 Å². The summed E-state index contributed by atoms with van der Waals surface area (Å²) in [6, 6.07) is 13.5. The molecular weight excluding hydrogens is 359 g/mol. The number of ether oxygens (including phenoxy) is 2. The van der Waals surface area contributed by atoms with Gasteiger partial charge >= 0.3 is 5.97 Å². The monoisotopic (exact) mass is 372 g/mol. The highest BCUT2D eigenvalue weighted by molar-refractivity contribution is 6.30. The fraction of sp³-hybridized carbons (Fsp3) is 0.105. The van der Waals surface area contributed by atoms with E-state index in [4.69, 9.17) is 16.3 Å². The summed E-state index contributed by atoms with van der Waals surface area (Å²) < 4.78 is 23.8. The zero-order chi connectivity index (χ0) is 18.5. The number of methoxy groups -OCH3 is 1. The second-order valence-electron chi connectivity index (χ2n) is 5.33. The molecule has 5 nitrogen and oxygen atoms in total. The van der Waals surface area contributed by atoms with Gasteiger partial charge in [0.25, 0.3) is 5.88 Å². The fourth-order valence-corrected chi connectivity index (χ4v) is 2.39. The van der Waals surface area contributed by atoms with Crippen LogP contribution in [0.4, 0.5) is 4.39 Å². The number of hydrogen-bond acceptors (Lipinski definition) is 5. The molecule has 1 aromatic carbocycles. The van der Waals surface area contributed by atoms with Crippen molar-refractivity contribution in [3.05, 3.63) is 71.3 Å². The Kier molecular flexibility index (Phi) is 5.43. The number of hydrogen-bond donors (Lipinski definition) is 0. The molecule has 7 heteroatoms. The SMILES string of the molecule is COC(=O)Cc1cccc(-c2ccc(Oc3ncc(Cl)cc3F)cc2)n1. The lowest BCUT2D eigenvalue weighted by Crippen LogP contribution is -2.06. The second kappa shape index (κ2) is 7.93. The molecule has 2 heterocycles. The van der Waals surface area contributed by atoms with E-state index in [1.54, 1.807) is 30.3 Å². The minimum Gasteiger partial charge on any atom is -0.469 e. The zero-order valence-electron chi connectivity index (χ0n) is 13.8. The van der Waals surface area contributed by atoms with E-state index in [1.807, 2.05) is 12.1 Å². The van der Waals surface area contributed by atoms with Gasteiger partial charge in [0, 0.05) is 11.8 Å². The Labute approximate surface area is 154 Å². The van der Waals surface area contributed by atoms with E-state index in [9.17, 15) is 9.18 Å². The quantitative estimate of drug-likeness (QED) is 0.619. The van der Waals surface area contributed by atoms with Gasteiger partial charge in [0.1, 0.15) is 5.75 Å². The van der Waals surface area contributed by atoms with Crippen LogP contribution in [0, 0.1) is 5.82 Å². The molecular formula is C19H14ClFN2O3. The number of carbonyl (C=O) groups excluding carboxylic acids is 1. The first-order chi connectivity index (χ1) is 12.5. The molecule has 2 aromatic heterocycles. The van der Waals surface area contributed by atoms with Crippen molar-refractivity contribution in [3.8, 4) is 22.9 Å². The molecule has 3 aromatic rings. The average Bonchev–Trinajstić information content (AvgIpc) is 2.65. The number of pyridine rings is 2. The van der Waals surface area contributed by atoms with E-state index in [2.05, 4.69) is 14.7 Å². The molecule has 0 unspecified atom stereocenters. The molecule has 0 aliphatic heterocycles. The van der Waals surface area contributed by atoms with Crippen molar-refractivity contribution in [2.45, 2.75) is 6.42 Å². The molecule has 0 fully saturated rings. The van der Waals surface area contributed by atoms with Gasteiger partial charge in [-0.15, -0.1) is 0 Å². The van der Waals surface area contributed by atoms with Crippen LogP contribution < -0.4 is 4.74 Å². The largest absolute Gasteiger partial charge is 0.469 e. The Morgan fingerprint density at radius 1 is 1.19 bits per heavy atom. The van der Waals surface area contributed by atoms with E-state index in [1.165, 1.54) is 13.3 Å². The Morgan fingerprint density at radius 2 is 1.96 bits per heavy atom. The van der Waals surface area contributed by atoms with Gasteiger partial charge in [-0.05, 0) is 42.5 Å². The van der Waals surface area contributed by atoms with Gasteiger partial charge in [0.05, 0.1) is 29.9 Å². The molecule has 3 rings (SSSR count). The van der Waals surface area contributed by atoms with Crippen LogP contribution in [0.1, 0.15) is 5.69 Å². The summed E-state index contributed by atoms with van der Waals surface area (Å²) in [6.45, 7) is 0. The molecule has 0 atom stereocenters. The first kappa shape index (κ1) is 17.8. The normalized spacial score (nSPS) is 10.4. The Hall–Kier alpha value is -2.99. The highest BCUT2D eigenvalue weighted by atomic mass is 35.5. The predicted octanol–water partition coefficient (Wildman–Crippen LogP) is 4.44. The summed E-state index contributed by atoms with van der Waals surface area (Å²) in [4.78, 5) is 19.6. The number of carbonyl (C=O) groups is 1. The van der Waals surface area contributed by atoms with Crippen LogP contribution in [-0.2, 0) is 16.0 Å². The number of rotatable bonds is 5. The van der Waals surface area contributed by atoms with Gasteiger partial charge in [-0.1, -0.05) is 17.7 Å². The predicted molar refractivity (Wildman–Crippen MR) is 94.7 cm³/mol. The number of nitrogens with zero attached hydrogens (tertiary/aromatic N) is 2. The summed E-state index contributed by atoms with van der Waals surface area (Å²) >= 11 is 5.67. The van der Waals surface area contributed by atoms with Crippen LogP contribution >= 0.6 is 11.6 Å². The van der Waals surface area contributed by atoms with Crippen molar-refractivity contribution >= 4 is 17.6 Å². The van der Waals surface area contributed by atoms with E-state index in [0.29, 0.717) is 17.1 Å². The maximum atomic E-state index is 13.7. The standard InChI is InChI=1S/C19H14ClFN2O3/c1-25-18(24)10-14-3-2-4-17(23-14)12-5-7-15(8-6-12)26-19-16(21)9-13(20)11-22-19/h2-9,11H,10H2,1H3. The molecule has 0 aliphatic carbocycles. The molecule has 0 bridgehead atoms. The van der Waals surface area contributed by atoms with E-state index in [0.717, 1.165) is 11.6 Å². The molecule has 0 spiro atoms. The van der Waals surface area contributed by atoms with Crippen molar-refractivity contribution in [1.29, 1.82) is 0 Å². The van der Waals surface area contributed by atoms with Crippen LogP contribution in [0.3, 0.4) is 0 Å². The van der Waals surface area contributed by atoms with Gasteiger partial charge in [-0.2, -0.15) is 0 Å². The van der Waals surface area contributed by atoms with Crippen LogP contribution in [0.25, 0.3) is 11.3 Å². The molecule has 0 aliphatic rings. The average molecular weight is 373 g/mol. The number of halogens is 2. The smallest absolute Gasteiger partial charge is 0.311 e. The first-order valence-corrected chi connectivity index (χ1v) is 8.05. The van der Waals surface area contributed by atoms with Crippen molar-refractivity contribution in [2.75, 3.05) is 7.11 Å². The van der Waals surface area contributed by atoms with E-state index in [-0.39, 0.29) is 23.3 Å². The van der Waals surface area contributed by atoms with Crippen LogP contribution in [-0.4, -0.2) is 23.0 Å². The number of esters is 1. The summed E-state index contributed by atoms with van der Waals surface area (Å²) in [5.74, 6) is -0.719. The third kappa shape index (κ3) is 4.34. The summed E-state index contributed by atoms with van der Waals surface area (Å²) in [5, 5.41) is 0.197. The van der Waals surface area contributed by atoms with Crippen molar-refractivity contribution < 1.29 is 18.7 Å². The van der Waals surface area contributed by atoms with Gasteiger partial charge in [-0.25, -0.2) is 9.37 Å². The molecule has 26 heavy (non-hydrogen) atoms. The van der Waals surface area contributed by atoms with E-state index < -0.39 is 5.82 Å².